The number of carbonyl (C=O) groups is 2. The standard InChI is InChI=1S/C25H23F2N4O2/c1-15-12-28-29-23(17(15)3)11-18-4-9-22(27)21(10-18)25(33)30-13-16(2)31(24(32)14-30)20-7-5-19(26)6-8-20/h4-10,16H,11,13-14H2,1-3H3/t16-/m1/s1. The van der Waals surface area contributed by atoms with Gasteiger partial charge in [-0.3, -0.25) is 9.59 Å². The predicted octanol–water partition coefficient (Wildman–Crippen LogP) is 3.64. The number of anilines is 1. The summed E-state index contributed by atoms with van der Waals surface area (Å²) in [7, 11) is 0. The van der Waals surface area contributed by atoms with Crippen LogP contribution in [0.5, 0.6) is 0 Å². The zero-order valence-electron chi connectivity index (χ0n) is 18.6. The summed E-state index contributed by atoms with van der Waals surface area (Å²) in [6, 6.07) is 9.64. The van der Waals surface area contributed by atoms with Gasteiger partial charge in [-0.2, -0.15) is 5.10 Å². The molecule has 169 valence electrons. The molecular formula is C25H23F2N4O2. The third kappa shape index (κ3) is 4.60. The van der Waals surface area contributed by atoms with Crippen molar-refractivity contribution in [2.75, 3.05) is 18.0 Å². The molecule has 0 N–H and O–H groups in total. The van der Waals surface area contributed by atoms with Crippen molar-refractivity contribution in [3.05, 3.63) is 88.2 Å². The quantitative estimate of drug-likeness (QED) is 0.610. The van der Waals surface area contributed by atoms with E-state index in [0.717, 1.165) is 16.8 Å². The number of hydrogen-bond donors (Lipinski definition) is 0. The van der Waals surface area contributed by atoms with Crippen molar-refractivity contribution in [1.29, 1.82) is 0 Å². The van der Waals surface area contributed by atoms with Crippen molar-refractivity contribution < 1.29 is 18.4 Å². The lowest BCUT2D eigenvalue weighted by molar-refractivity contribution is -0.121. The molecule has 33 heavy (non-hydrogen) atoms. The van der Waals surface area contributed by atoms with E-state index in [1.807, 2.05) is 13.8 Å². The molecule has 0 unspecified atom stereocenters. The average molecular weight is 449 g/mol. The number of rotatable bonds is 4. The minimum atomic E-state index is -0.648. The Balaban J connectivity index is 1.54. The van der Waals surface area contributed by atoms with Crippen LogP contribution < -0.4 is 4.90 Å². The van der Waals surface area contributed by atoms with Crippen molar-refractivity contribution in [2.24, 2.45) is 0 Å². The number of hydrogen-bond acceptors (Lipinski definition) is 4. The number of benzene rings is 2. The lowest BCUT2D eigenvalue weighted by Gasteiger charge is -2.39. The van der Waals surface area contributed by atoms with E-state index in [1.54, 1.807) is 13.0 Å². The number of piperazine rings is 1. The second-order valence-corrected chi connectivity index (χ2v) is 8.27. The maximum absolute atomic E-state index is 14.6. The summed E-state index contributed by atoms with van der Waals surface area (Å²) in [5.41, 5.74) is 3.73. The molecule has 1 saturated heterocycles. The van der Waals surface area contributed by atoms with Gasteiger partial charge in [0.05, 0.1) is 17.3 Å². The van der Waals surface area contributed by atoms with Crippen LogP contribution >= 0.6 is 0 Å². The minimum Gasteiger partial charge on any atom is -0.327 e. The van der Waals surface area contributed by atoms with Crippen molar-refractivity contribution in [3.63, 3.8) is 0 Å². The minimum absolute atomic E-state index is 0.0902. The second-order valence-electron chi connectivity index (χ2n) is 8.27. The average Bonchev–Trinajstić information content (AvgIpc) is 2.78. The predicted molar refractivity (Wildman–Crippen MR) is 119 cm³/mol. The van der Waals surface area contributed by atoms with Crippen molar-refractivity contribution in [3.8, 4) is 0 Å². The van der Waals surface area contributed by atoms with Gasteiger partial charge in [-0.1, -0.05) is 6.07 Å². The van der Waals surface area contributed by atoms with Gasteiger partial charge in [0.15, 0.2) is 0 Å². The van der Waals surface area contributed by atoms with Crippen LogP contribution in [0.2, 0.25) is 0 Å². The van der Waals surface area contributed by atoms with Gasteiger partial charge in [0.2, 0.25) is 5.91 Å². The zero-order valence-corrected chi connectivity index (χ0v) is 18.6. The summed E-state index contributed by atoms with van der Waals surface area (Å²) >= 11 is 0. The molecule has 1 fully saturated rings. The molecule has 4 rings (SSSR count). The molecule has 2 heterocycles. The molecule has 1 aromatic heterocycles. The molecule has 1 aliphatic rings. The highest BCUT2D eigenvalue weighted by atomic mass is 19.1. The Hall–Kier alpha value is -3.68. The van der Waals surface area contributed by atoms with Crippen LogP contribution in [0.1, 0.15) is 39.7 Å². The summed E-state index contributed by atoms with van der Waals surface area (Å²) in [5.74, 6) is -1.90. The number of amides is 2. The Morgan fingerprint density at radius 1 is 1.15 bits per heavy atom. The fourth-order valence-electron chi connectivity index (χ4n) is 4.02. The van der Waals surface area contributed by atoms with E-state index >= 15 is 0 Å². The smallest absolute Gasteiger partial charge is 0.257 e. The Labute approximate surface area is 190 Å². The first-order chi connectivity index (χ1) is 15.7. The molecule has 2 amide bonds. The molecule has 8 heteroatoms. The van der Waals surface area contributed by atoms with Crippen LogP contribution in [0, 0.1) is 31.7 Å². The number of halogens is 2. The monoisotopic (exact) mass is 449 g/mol. The highest BCUT2D eigenvalue weighted by Crippen LogP contribution is 2.24. The molecule has 1 radical (unpaired) electrons. The fourth-order valence-corrected chi connectivity index (χ4v) is 4.02. The van der Waals surface area contributed by atoms with Gasteiger partial charge in [0.1, 0.15) is 24.4 Å². The van der Waals surface area contributed by atoms with Gasteiger partial charge in [-0.05, 0) is 73.9 Å². The maximum Gasteiger partial charge on any atom is 0.257 e. The molecule has 0 saturated carbocycles. The normalized spacial score (nSPS) is 16.3. The second kappa shape index (κ2) is 9.05. The number of aryl methyl sites for hydroxylation is 1. The molecule has 3 aromatic rings. The largest absolute Gasteiger partial charge is 0.327 e. The summed E-state index contributed by atoms with van der Waals surface area (Å²) in [5, 5.41) is 7.97. The molecule has 1 atom stereocenters. The number of carbonyl (C=O) groups excluding carboxylic acids is 2. The number of nitrogens with zero attached hydrogens (tertiary/aromatic N) is 4. The molecule has 0 bridgehead atoms. The fraction of sp³-hybridized carbons (Fsp3) is 0.280. The molecular weight excluding hydrogens is 426 g/mol. The van der Waals surface area contributed by atoms with Gasteiger partial charge in [0, 0.05) is 18.7 Å². The Morgan fingerprint density at radius 3 is 2.58 bits per heavy atom. The maximum atomic E-state index is 14.6. The van der Waals surface area contributed by atoms with Crippen LogP contribution in [0.3, 0.4) is 0 Å². The van der Waals surface area contributed by atoms with Gasteiger partial charge >= 0.3 is 0 Å². The SMILES string of the molecule is Cc1[c]nnc(Cc2ccc(F)c(C(=O)N3CC(=O)N(c4ccc(F)cc4)[C@H](C)C3)c2)c1C. The van der Waals surface area contributed by atoms with E-state index in [4.69, 9.17) is 0 Å². The highest BCUT2D eigenvalue weighted by molar-refractivity contribution is 6.02. The topological polar surface area (TPSA) is 66.4 Å². The van der Waals surface area contributed by atoms with E-state index in [1.165, 1.54) is 46.2 Å². The van der Waals surface area contributed by atoms with Crippen molar-refractivity contribution in [2.45, 2.75) is 33.2 Å². The summed E-state index contributed by atoms with van der Waals surface area (Å²) in [6.45, 7) is 5.63. The Morgan fingerprint density at radius 2 is 1.88 bits per heavy atom. The Bertz CT molecular complexity index is 1210. The van der Waals surface area contributed by atoms with Gasteiger partial charge in [-0.25, -0.2) is 8.78 Å². The van der Waals surface area contributed by atoms with Crippen molar-refractivity contribution >= 4 is 17.5 Å². The third-order valence-electron chi connectivity index (χ3n) is 5.93. The van der Waals surface area contributed by atoms with Crippen LogP contribution in [0.4, 0.5) is 14.5 Å². The van der Waals surface area contributed by atoms with Crippen LogP contribution in [-0.4, -0.2) is 46.0 Å². The van der Waals surface area contributed by atoms with Crippen LogP contribution in [-0.2, 0) is 11.2 Å². The summed E-state index contributed by atoms with van der Waals surface area (Å²) in [4.78, 5) is 28.9. The lowest BCUT2D eigenvalue weighted by atomic mass is 10.0. The first-order valence-electron chi connectivity index (χ1n) is 10.6. The van der Waals surface area contributed by atoms with E-state index in [0.29, 0.717) is 17.7 Å². The van der Waals surface area contributed by atoms with Crippen LogP contribution in [0.25, 0.3) is 0 Å². The van der Waals surface area contributed by atoms with E-state index in [9.17, 15) is 18.4 Å². The summed E-state index contributed by atoms with van der Waals surface area (Å²) < 4.78 is 27.9. The molecule has 2 aromatic carbocycles. The van der Waals surface area contributed by atoms with E-state index in [-0.39, 0.29) is 30.6 Å². The molecule has 0 spiro atoms. The van der Waals surface area contributed by atoms with Gasteiger partial charge in [-0.15, -0.1) is 5.10 Å². The van der Waals surface area contributed by atoms with E-state index < -0.39 is 17.5 Å². The third-order valence-corrected chi connectivity index (χ3v) is 5.93. The molecule has 0 aliphatic carbocycles. The highest BCUT2D eigenvalue weighted by Gasteiger charge is 2.34. The van der Waals surface area contributed by atoms with Crippen molar-refractivity contribution in [1.82, 2.24) is 15.1 Å². The first kappa shape index (κ1) is 22.5. The van der Waals surface area contributed by atoms with Crippen LogP contribution in [0.15, 0.2) is 42.5 Å². The van der Waals surface area contributed by atoms with Gasteiger partial charge in [0.25, 0.3) is 5.91 Å². The zero-order chi connectivity index (χ0) is 23.7. The summed E-state index contributed by atoms with van der Waals surface area (Å²) in [6.07, 6.45) is 3.19. The number of aromatic nitrogens is 2. The Kier molecular flexibility index (Phi) is 6.18. The van der Waals surface area contributed by atoms with Gasteiger partial charge < -0.3 is 9.80 Å². The molecule has 6 nitrogen and oxygen atoms in total. The first-order valence-corrected chi connectivity index (χ1v) is 10.6. The lowest BCUT2D eigenvalue weighted by Crippen LogP contribution is -2.57. The van der Waals surface area contributed by atoms with E-state index in [2.05, 4.69) is 16.4 Å². The molecule has 1 aliphatic heterocycles.